The van der Waals surface area contributed by atoms with Crippen LogP contribution in [-0.4, -0.2) is 28.6 Å². The Labute approximate surface area is 206 Å². The maximum Gasteiger partial charge on any atom is 0.310 e. The second kappa shape index (κ2) is 7.20. The number of carbonyl (C=O) groups is 2. The molecule has 5 rings (SSSR count). The largest absolute Gasteiger partial charge is 0.481 e. The maximum absolute atomic E-state index is 12.9. The number of carboxylic acids is 1. The number of hydrogen-bond donors (Lipinski definition) is 2. The Balaban J connectivity index is 1.62. The highest BCUT2D eigenvalue weighted by atomic mass is 16.4. The van der Waals surface area contributed by atoms with E-state index < -0.39 is 11.4 Å². The quantitative estimate of drug-likeness (QED) is 0.457. The molecule has 0 saturated heterocycles. The van der Waals surface area contributed by atoms with Gasteiger partial charge < -0.3 is 10.2 Å². The molecule has 4 nitrogen and oxygen atoms in total. The average molecular weight is 471 g/mol. The molecule has 190 valence electrons. The van der Waals surface area contributed by atoms with Crippen LogP contribution in [0, 0.1) is 50.2 Å². The highest BCUT2D eigenvalue weighted by molar-refractivity contribution is 5.85. The van der Waals surface area contributed by atoms with Gasteiger partial charge in [-0.2, -0.15) is 0 Å². The molecule has 0 aliphatic heterocycles. The molecule has 0 amide bonds. The van der Waals surface area contributed by atoms with Crippen molar-refractivity contribution in [2.45, 2.75) is 106 Å². The molecule has 0 aromatic carbocycles. The summed E-state index contributed by atoms with van der Waals surface area (Å²) in [5.74, 6) is 0.428. The van der Waals surface area contributed by atoms with Gasteiger partial charge in [0.15, 0.2) is 0 Å². The zero-order chi connectivity index (χ0) is 24.9. The minimum absolute atomic E-state index is 0.0129. The molecule has 0 aromatic heterocycles. The van der Waals surface area contributed by atoms with Gasteiger partial charge in [-0.25, -0.2) is 0 Å². The molecule has 5 aliphatic carbocycles. The van der Waals surface area contributed by atoms with E-state index in [-0.39, 0.29) is 45.5 Å². The van der Waals surface area contributed by atoms with Crippen molar-refractivity contribution in [1.82, 2.24) is 0 Å². The van der Waals surface area contributed by atoms with Crippen molar-refractivity contribution in [2.24, 2.45) is 50.2 Å². The number of carbonyl (C=O) groups excluding carboxylic acids is 1. The number of aliphatic hydroxyl groups is 1. The van der Waals surface area contributed by atoms with Crippen LogP contribution in [0.1, 0.15) is 106 Å². The maximum atomic E-state index is 12.9. The normalized spacial score (nSPS) is 49.1. The Hall–Kier alpha value is -1.16. The van der Waals surface area contributed by atoms with Crippen LogP contribution in [0.5, 0.6) is 0 Å². The molecular weight excluding hydrogens is 424 g/mol. The van der Waals surface area contributed by atoms with Crippen molar-refractivity contribution in [1.29, 1.82) is 0 Å². The lowest BCUT2D eigenvalue weighted by Gasteiger charge is -2.70. The van der Waals surface area contributed by atoms with E-state index >= 15 is 0 Å². The standard InChI is InChI=1S/C30H46O4/c1-25(2)13-15-29(24(33)34)16-14-27(5)19(20(29)17-25)7-8-22-28(27,6)11-9-21-26(3,4)23(32)10-12-30(21,22)18-31/h7,20-22,31H,8-18H2,1-6H3,(H,33,34)/t20?,21?,22?,27-,28-,29+,30-/m1/s1. The molecule has 0 heterocycles. The van der Waals surface area contributed by atoms with Crippen molar-refractivity contribution < 1.29 is 19.8 Å². The number of allylic oxidation sites excluding steroid dienone is 2. The lowest BCUT2D eigenvalue weighted by atomic mass is 9.33. The number of fused-ring (bicyclic) bond motifs is 7. The van der Waals surface area contributed by atoms with Gasteiger partial charge in [0.25, 0.3) is 0 Å². The third-order valence-electron chi connectivity index (χ3n) is 12.8. The van der Waals surface area contributed by atoms with Crippen LogP contribution >= 0.6 is 0 Å². The van der Waals surface area contributed by atoms with Gasteiger partial charge in [-0.3, -0.25) is 9.59 Å². The Morgan fingerprint density at radius 3 is 2.29 bits per heavy atom. The number of hydrogen-bond acceptors (Lipinski definition) is 3. The molecule has 0 spiro atoms. The van der Waals surface area contributed by atoms with Crippen LogP contribution in [-0.2, 0) is 9.59 Å². The van der Waals surface area contributed by atoms with Gasteiger partial charge in [-0.1, -0.05) is 53.2 Å². The molecule has 4 saturated carbocycles. The van der Waals surface area contributed by atoms with Crippen LogP contribution in [0.25, 0.3) is 0 Å². The Kier molecular flexibility index (Phi) is 5.20. The number of Topliss-reactive ketones (excluding diaryl/α,β-unsaturated/α-hetero) is 1. The summed E-state index contributed by atoms with van der Waals surface area (Å²) in [5, 5.41) is 21.5. The first-order valence-electron chi connectivity index (χ1n) is 13.8. The van der Waals surface area contributed by atoms with Crippen LogP contribution in [0.3, 0.4) is 0 Å². The van der Waals surface area contributed by atoms with Gasteiger partial charge in [-0.15, -0.1) is 0 Å². The predicted octanol–water partition coefficient (Wildman–Crippen LogP) is 6.41. The lowest BCUT2D eigenvalue weighted by molar-refractivity contribution is -0.203. The monoisotopic (exact) mass is 470 g/mol. The molecule has 0 bridgehead atoms. The van der Waals surface area contributed by atoms with Crippen LogP contribution in [0.2, 0.25) is 0 Å². The summed E-state index contributed by atoms with van der Waals surface area (Å²) in [5.41, 5.74) is 0.331. The Morgan fingerprint density at radius 1 is 0.971 bits per heavy atom. The van der Waals surface area contributed by atoms with Crippen molar-refractivity contribution in [2.75, 3.05) is 6.61 Å². The molecule has 7 atom stereocenters. The number of rotatable bonds is 2. The summed E-state index contributed by atoms with van der Waals surface area (Å²) in [6, 6.07) is 0. The zero-order valence-corrected chi connectivity index (χ0v) is 22.3. The summed E-state index contributed by atoms with van der Waals surface area (Å²) in [6.45, 7) is 13.9. The number of aliphatic carboxylic acids is 1. The van der Waals surface area contributed by atoms with E-state index in [0.717, 1.165) is 57.8 Å². The van der Waals surface area contributed by atoms with E-state index in [1.54, 1.807) is 0 Å². The Morgan fingerprint density at radius 2 is 1.65 bits per heavy atom. The second-order valence-corrected chi connectivity index (χ2v) is 14.7. The van der Waals surface area contributed by atoms with Crippen LogP contribution < -0.4 is 0 Å². The Bertz CT molecular complexity index is 945. The predicted molar refractivity (Wildman–Crippen MR) is 133 cm³/mol. The fourth-order valence-electron chi connectivity index (χ4n) is 10.4. The molecule has 5 aliphatic rings. The van der Waals surface area contributed by atoms with Gasteiger partial charge in [0.1, 0.15) is 5.78 Å². The van der Waals surface area contributed by atoms with Gasteiger partial charge in [0, 0.05) is 23.9 Å². The first-order chi connectivity index (χ1) is 15.7. The first kappa shape index (κ1) is 24.5. The summed E-state index contributed by atoms with van der Waals surface area (Å²) < 4.78 is 0. The van der Waals surface area contributed by atoms with Crippen LogP contribution in [0.4, 0.5) is 0 Å². The highest BCUT2D eigenvalue weighted by Gasteiger charge is 2.70. The number of ketones is 1. The minimum Gasteiger partial charge on any atom is -0.481 e. The summed E-state index contributed by atoms with van der Waals surface area (Å²) in [6.07, 6.45) is 11.2. The number of carboxylic acid groups (broad SMARTS) is 1. The van der Waals surface area contributed by atoms with Crippen molar-refractivity contribution in [3.8, 4) is 0 Å². The fraction of sp³-hybridized carbons (Fsp3) is 0.867. The fourth-order valence-corrected chi connectivity index (χ4v) is 10.4. The van der Waals surface area contributed by atoms with Gasteiger partial charge in [0.05, 0.1) is 5.41 Å². The molecule has 3 unspecified atom stereocenters. The van der Waals surface area contributed by atoms with E-state index in [9.17, 15) is 19.8 Å². The molecule has 2 N–H and O–H groups in total. The van der Waals surface area contributed by atoms with E-state index in [0.29, 0.717) is 18.1 Å². The highest BCUT2D eigenvalue weighted by Crippen LogP contribution is 2.75. The third-order valence-corrected chi connectivity index (χ3v) is 12.8. The topological polar surface area (TPSA) is 74.6 Å². The van der Waals surface area contributed by atoms with E-state index in [1.807, 2.05) is 0 Å². The van der Waals surface area contributed by atoms with E-state index in [1.165, 1.54) is 5.57 Å². The van der Waals surface area contributed by atoms with Crippen LogP contribution in [0.15, 0.2) is 11.6 Å². The van der Waals surface area contributed by atoms with Gasteiger partial charge in [-0.05, 0) is 91.8 Å². The van der Waals surface area contributed by atoms with E-state index in [4.69, 9.17) is 0 Å². The molecule has 34 heavy (non-hydrogen) atoms. The first-order valence-corrected chi connectivity index (χ1v) is 13.8. The van der Waals surface area contributed by atoms with Gasteiger partial charge >= 0.3 is 5.97 Å². The summed E-state index contributed by atoms with van der Waals surface area (Å²) >= 11 is 0. The third kappa shape index (κ3) is 2.81. The van der Waals surface area contributed by atoms with Gasteiger partial charge in [0.2, 0.25) is 0 Å². The summed E-state index contributed by atoms with van der Waals surface area (Å²) in [4.78, 5) is 25.7. The zero-order valence-electron chi connectivity index (χ0n) is 22.3. The van der Waals surface area contributed by atoms with Crippen molar-refractivity contribution in [3.05, 3.63) is 11.6 Å². The average Bonchev–Trinajstić information content (AvgIpc) is 2.76. The molecular formula is C30H46O4. The van der Waals surface area contributed by atoms with Crippen molar-refractivity contribution in [3.63, 3.8) is 0 Å². The number of aliphatic hydroxyl groups excluding tert-OH is 1. The molecule has 0 radical (unpaired) electrons. The molecule has 4 fully saturated rings. The lowest BCUT2D eigenvalue weighted by Crippen LogP contribution is -2.66. The minimum atomic E-state index is -0.616. The van der Waals surface area contributed by atoms with Crippen molar-refractivity contribution >= 4 is 11.8 Å². The molecule has 0 aromatic rings. The second-order valence-electron chi connectivity index (χ2n) is 14.7. The SMILES string of the molecule is CC1(C)CC[C@]2(C(=O)O)CC[C@]3(C)C(=CCC4[C@@]5(CO)CCC(=O)C(C)(C)C5CC[C@]43C)C2C1. The van der Waals surface area contributed by atoms with E-state index in [2.05, 4.69) is 47.6 Å². The smallest absolute Gasteiger partial charge is 0.310 e. The molecule has 4 heteroatoms. The summed E-state index contributed by atoms with van der Waals surface area (Å²) in [7, 11) is 0.